The summed E-state index contributed by atoms with van der Waals surface area (Å²) in [6.45, 7) is 0.421. The fourth-order valence-corrected chi connectivity index (χ4v) is 2.27. The Morgan fingerprint density at radius 3 is 2.42 bits per heavy atom. The molecular formula is C18H13ClF2N4O. The highest BCUT2D eigenvalue weighted by Gasteiger charge is 2.15. The zero-order valence-electron chi connectivity index (χ0n) is 13.3. The van der Waals surface area contributed by atoms with Crippen molar-refractivity contribution in [2.24, 2.45) is 0 Å². The quantitative estimate of drug-likeness (QED) is 0.699. The lowest BCUT2D eigenvalue weighted by atomic mass is 10.2. The maximum atomic E-state index is 13.6. The van der Waals surface area contributed by atoms with Crippen LogP contribution in [-0.4, -0.2) is 15.9 Å². The molecule has 1 amide bonds. The molecule has 0 saturated carbocycles. The first-order valence-corrected chi connectivity index (χ1v) is 7.97. The molecule has 0 fully saturated rings. The molecule has 0 saturated heterocycles. The number of carbonyl (C=O) groups excluding carboxylic acids is 1. The molecule has 26 heavy (non-hydrogen) atoms. The van der Waals surface area contributed by atoms with Gasteiger partial charge in [0.15, 0.2) is 0 Å². The number of para-hydroxylation sites is 1. The molecule has 0 atom stereocenters. The summed E-state index contributed by atoms with van der Waals surface area (Å²) >= 11 is 5.83. The van der Waals surface area contributed by atoms with E-state index in [1.165, 1.54) is 18.3 Å². The molecule has 8 heteroatoms. The van der Waals surface area contributed by atoms with Gasteiger partial charge in [-0.15, -0.1) is 0 Å². The van der Waals surface area contributed by atoms with Crippen LogP contribution in [0.25, 0.3) is 0 Å². The third kappa shape index (κ3) is 4.31. The Kier molecular flexibility index (Phi) is 5.38. The predicted molar refractivity (Wildman–Crippen MR) is 95.1 cm³/mol. The van der Waals surface area contributed by atoms with E-state index in [9.17, 15) is 13.6 Å². The molecule has 0 aliphatic carbocycles. The van der Waals surface area contributed by atoms with Gasteiger partial charge < -0.3 is 10.6 Å². The molecule has 0 aliphatic heterocycles. The van der Waals surface area contributed by atoms with Gasteiger partial charge in [-0.05, 0) is 35.9 Å². The lowest BCUT2D eigenvalue weighted by Gasteiger charge is -2.09. The van der Waals surface area contributed by atoms with Gasteiger partial charge in [0.1, 0.15) is 23.0 Å². The Hall–Kier alpha value is -3.06. The summed E-state index contributed by atoms with van der Waals surface area (Å²) < 4.78 is 27.3. The van der Waals surface area contributed by atoms with Crippen molar-refractivity contribution in [3.8, 4) is 0 Å². The third-order valence-corrected chi connectivity index (χ3v) is 3.71. The van der Waals surface area contributed by atoms with Crippen LogP contribution in [0.15, 0.2) is 54.7 Å². The van der Waals surface area contributed by atoms with Crippen molar-refractivity contribution in [1.29, 1.82) is 0 Å². The predicted octanol–water partition coefficient (Wildman–Crippen LogP) is 4.27. The van der Waals surface area contributed by atoms with Crippen molar-refractivity contribution in [1.82, 2.24) is 9.97 Å². The van der Waals surface area contributed by atoms with Crippen molar-refractivity contribution in [3.05, 3.63) is 82.6 Å². The summed E-state index contributed by atoms with van der Waals surface area (Å²) in [5, 5.41) is 5.78. The summed E-state index contributed by atoms with van der Waals surface area (Å²) in [4.78, 5) is 20.3. The maximum Gasteiger partial charge on any atom is 0.274 e. The summed E-state index contributed by atoms with van der Waals surface area (Å²) in [7, 11) is 0. The summed E-state index contributed by atoms with van der Waals surface area (Å²) in [6.07, 6.45) is 1.38. The molecular weight excluding hydrogens is 362 g/mol. The number of halogens is 3. The maximum absolute atomic E-state index is 13.6. The second kappa shape index (κ2) is 7.88. The number of hydrogen-bond acceptors (Lipinski definition) is 4. The highest BCUT2D eigenvalue weighted by Crippen LogP contribution is 2.19. The van der Waals surface area contributed by atoms with Gasteiger partial charge in [-0.25, -0.2) is 18.7 Å². The number of rotatable bonds is 5. The Morgan fingerprint density at radius 1 is 1.04 bits per heavy atom. The van der Waals surface area contributed by atoms with Gasteiger partial charge in [0.05, 0.1) is 0 Å². The summed E-state index contributed by atoms with van der Waals surface area (Å²) in [5.41, 5.74) is 0.398. The average Bonchev–Trinajstić information content (AvgIpc) is 2.64. The van der Waals surface area contributed by atoms with Crippen molar-refractivity contribution < 1.29 is 13.6 Å². The van der Waals surface area contributed by atoms with Crippen molar-refractivity contribution >= 4 is 29.1 Å². The molecule has 0 bridgehead atoms. The normalized spacial score (nSPS) is 10.4. The van der Waals surface area contributed by atoms with E-state index in [1.54, 1.807) is 12.1 Å². The molecule has 2 aromatic carbocycles. The van der Waals surface area contributed by atoms with Gasteiger partial charge in [0.2, 0.25) is 5.95 Å². The molecule has 5 nitrogen and oxygen atoms in total. The topological polar surface area (TPSA) is 66.9 Å². The Morgan fingerprint density at radius 2 is 1.73 bits per heavy atom. The molecule has 0 spiro atoms. The number of hydrogen-bond donors (Lipinski definition) is 2. The Balaban J connectivity index is 1.70. The molecule has 132 valence electrons. The minimum Gasteiger partial charge on any atom is -0.350 e. The van der Waals surface area contributed by atoms with E-state index in [1.807, 2.05) is 12.1 Å². The molecule has 3 aromatic rings. The minimum absolute atomic E-state index is 0.0266. The van der Waals surface area contributed by atoms with Crippen molar-refractivity contribution in [3.63, 3.8) is 0 Å². The number of nitrogens with zero attached hydrogens (tertiary/aromatic N) is 2. The molecule has 1 aromatic heterocycles. The first-order chi connectivity index (χ1) is 12.5. The molecule has 3 rings (SSSR count). The lowest BCUT2D eigenvalue weighted by Crippen LogP contribution is -2.17. The van der Waals surface area contributed by atoms with Gasteiger partial charge in [-0.3, -0.25) is 4.79 Å². The third-order valence-electron chi connectivity index (χ3n) is 3.45. The first-order valence-electron chi connectivity index (χ1n) is 7.59. The zero-order valence-corrected chi connectivity index (χ0v) is 14.1. The van der Waals surface area contributed by atoms with E-state index in [0.29, 0.717) is 11.6 Å². The number of nitrogens with one attached hydrogen (secondary N) is 2. The van der Waals surface area contributed by atoms with E-state index in [0.717, 1.165) is 17.7 Å². The summed E-state index contributed by atoms with van der Waals surface area (Å²) in [6, 6.07) is 11.9. The van der Waals surface area contributed by atoms with Gasteiger partial charge in [0, 0.05) is 17.8 Å². The standard InChI is InChI=1S/C18H13ClF2N4O/c19-12-6-4-11(5-7-12)10-23-18-22-9-8-15(24-18)17(26)25-16-13(20)2-1-3-14(16)21/h1-9H,10H2,(H,25,26)(H,22,23,24). The first kappa shape index (κ1) is 17.8. The van der Waals surface area contributed by atoms with Crippen LogP contribution in [0.2, 0.25) is 5.02 Å². The zero-order chi connectivity index (χ0) is 18.5. The fourth-order valence-electron chi connectivity index (χ4n) is 2.15. The van der Waals surface area contributed by atoms with E-state index >= 15 is 0 Å². The van der Waals surface area contributed by atoms with Crippen LogP contribution < -0.4 is 10.6 Å². The molecule has 1 heterocycles. The van der Waals surface area contributed by atoms with E-state index in [-0.39, 0.29) is 11.6 Å². The second-order valence-electron chi connectivity index (χ2n) is 5.30. The molecule has 0 unspecified atom stereocenters. The average molecular weight is 375 g/mol. The van der Waals surface area contributed by atoms with Crippen LogP contribution >= 0.6 is 11.6 Å². The Bertz CT molecular complexity index is 914. The van der Waals surface area contributed by atoms with Crippen LogP contribution in [0.4, 0.5) is 20.4 Å². The van der Waals surface area contributed by atoms with Gasteiger partial charge in [-0.1, -0.05) is 29.8 Å². The van der Waals surface area contributed by atoms with Crippen LogP contribution in [0.3, 0.4) is 0 Å². The molecule has 0 aliphatic rings. The lowest BCUT2D eigenvalue weighted by molar-refractivity contribution is 0.102. The number of aromatic nitrogens is 2. The van der Waals surface area contributed by atoms with E-state index in [2.05, 4.69) is 20.6 Å². The Labute approximate surface area is 153 Å². The molecule has 2 N–H and O–H groups in total. The monoisotopic (exact) mass is 374 g/mol. The van der Waals surface area contributed by atoms with Crippen LogP contribution in [-0.2, 0) is 6.54 Å². The minimum atomic E-state index is -0.867. The fraction of sp³-hybridized carbons (Fsp3) is 0.0556. The SMILES string of the molecule is O=C(Nc1c(F)cccc1F)c1ccnc(NCc2ccc(Cl)cc2)n1. The van der Waals surface area contributed by atoms with Crippen LogP contribution in [0.5, 0.6) is 0 Å². The van der Waals surface area contributed by atoms with Crippen LogP contribution in [0.1, 0.15) is 16.1 Å². The number of amides is 1. The van der Waals surface area contributed by atoms with Crippen molar-refractivity contribution in [2.75, 3.05) is 10.6 Å². The second-order valence-corrected chi connectivity index (χ2v) is 5.73. The van der Waals surface area contributed by atoms with E-state index < -0.39 is 23.2 Å². The van der Waals surface area contributed by atoms with E-state index in [4.69, 9.17) is 11.6 Å². The van der Waals surface area contributed by atoms with Gasteiger partial charge in [0.25, 0.3) is 5.91 Å². The highest BCUT2D eigenvalue weighted by atomic mass is 35.5. The number of benzene rings is 2. The van der Waals surface area contributed by atoms with Gasteiger partial charge in [-0.2, -0.15) is 0 Å². The van der Waals surface area contributed by atoms with Crippen LogP contribution in [0, 0.1) is 11.6 Å². The molecule has 0 radical (unpaired) electrons. The highest BCUT2D eigenvalue weighted by molar-refractivity contribution is 6.30. The summed E-state index contributed by atoms with van der Waals surface area (Å²) in [5.74, 6) is -2.27. The largest absolute Gasteiger partial charge is 0.350 e. The number of carbonyl (C=O) groups is 1. The number of anilines is 2. The van der Waals surface area contributed by atoms with Gasteiger partial charge >= 0.3 is 0 Å². The smallest absolute Gasteiger partial charge is 0.274 e. The van der Waals surface area contributed by atoms with Crippen molar-refractivity contribution in [2.45, 2.75) is 6.54 Å².